The zero-order valence-corrected chi connectivity index (χ0v) is 10.8. The Balaban J connectivity index is 1.87. The molecule has 2 aliphatic rings. The van der Waals surface area contributed by atoms with Gasteiger partial charge < -0.3 is 15.4 Å². The average molecular weight is 260 g/mol. The van der Waals surface area contributed by atoms with Crippen molar-refractivity contribution >= 4 is 23.3 Å². The first-order valence-corrected chi connectivity index (χ1v) is 6.33. The van der Waals surface area contributed by atoms with Crippen LogP contribution in [0.25, 0.3) is 0 Å². The first kappa shape index (κ1) is 12.0. The molecule has 1 aromatic carbocycles. The summed E-state index contributed by atoms with van der Waals surface area (Å²) < 4.78 is 4.83. The van der Waals surface area contributed by atoms with E-state index in [4.69, 9.17) is 10.5 Å². The molecule has 2 N–H and O–H groups in total. The lowest BCUT2D eigenvalue weighted by Crippen LogP contribution is -2.37. The van der Waals surface area contributed by atoms with Gasteiger partial charge in [-0.25, -0.2) is 0 Å². The van der Waals surface area contributed by atoms with Crippen molar-refractivity contribution in [3.8, 4) is 0 Å². The molecule has 5 heteroatoms. The highest BCUT2D eigenvalue weighted by Gasteiger charge is 2.53. The molecule has 0 bridgehead atoms. The van der Waals surface area contributed by atoms with Crippen LogP contribution in [-0.2, 0) is 20.7 Å². The molecule has 1 saturated carbocycles. The second-order valence-electron chi connectivity index (χ2n) is 5.32. The maximum absolute atomic E-state index is 12.1. The second-order valence-corrected chi connectivity index (χ2v) is 5.32. The summed E-state index contributed by atoms with van der Waals surface area (Å²) in [5, 5.41) is 0. The number of fused-ring (bicyclic) bond motifs is 1. The molecule has 1 amide bonds. The SMILES string of the molecule is COC(=O)C1(CN2C(=O)Cc3cc(N)ccc32)CC1. The fourth-order valence-electron chi connectivity index (χ4n) is 2.67. The monoisotopic (exact) mass is 260 g/mol. The number of esters is 1. The molecule has 0 atom stereocenters. The van der Waals surface area contributed by atoms with Gasteiger partial charge in [0.1, 0.15) is 0 Å². The van der Waals surface area contributed by atoms with Crippen LogP contribution >= 0.6 is 0 Å². The van der Waals surface area contributed by atoms with Gasteiger partial charge in [0, 0.05) is 17.9 Å². The standard InChI is InChI=1S/C14H16N2O3/c1-19-13(18)14(4-5-14)8-16-11-3-2-10(15)6-9(11)7-12(16)17/h2-3,6H,4-5,7-8,15H2,1H3. The number of anilines is 2. The van der Waals surface area contributed by atoms with Crippen molar-refractivity contribution < 1.29 is 14.3 Å². The number of carbonyl (C=O) groups excluding carboxylic acids is 2. The first-order chi connectivity index (χ1) is 9.05. The van der Waals surface area contributed by atoms with Crippen molar-refractivity contribution in [3.63, 3.8) is 0 Å². The van der Waals surface area contributed by atoms with Gasteiger partial charge in [-0.15, -0.1) is 0 Å². The number of methoxy groups -OCH3 is 1. The van der Waals surface area contributed by atoms with Gasteiger partial charge in [0.05, 0.1) is 18.9 Å². The van der Waals surface area contributed by atoms with E-state index in [9.17, 15) is 9.59 Å². The molecule has 3 rings (SSSR count). The Morgan fingerprint density at radius 3 is 2.84 bits per heavy atom. The molecular weight excluding hydrogens is 244 g/mol. The number of nitrogens with two attached hydrogens (primary N) is 1. The van der Waals surface area contributed by atoms with Gasteiger partial charge in [-0.3, -0.25) is 9.59 Å². The van der Waals surface area contributed by atoms with E-state index in [1.54, 1.807) is 11.0 Å². The zero-order valence-electron chi connectivity index (χ0n) is 10.8. The van der Waals surface area contributed by atoms with Gasteiger partial charge in [0.25, 0.3) is 0 Å². The Morgan fingerprint density at radius 1 is 1.47 bits per heavy atom. The van der Waals surface area contributed by atoms with E-state index in [2.05, 4.69) is 0 Å². The highest BCUT2D eigenvalue weighted by molar-refractivity contribution is 6.02. The van der Waals surface area contributed by atoms with Gasteiger partial charge in [-0.1, -0.05) is 0 Å². The normalized spacial score (nSPS) is 19.2. The molecule has 0 unspecified atom stereocenters. The molecule has 1 heterocycles. The van der Waals surface area contributed by atoms with E-state index < -0.39 is 5.41 Å². The van der Waals surface area contributed by atoms with Crippen molar-refractivity contribution in [2.45, 2.75) is 19.3 Å². The van der Waals surface area contributed by atoms with Gasteiger partial charge in [0.2, 0.25) is 5.91 Å². The number of ether oxygens (including phenoxy) is 1. The van der Waals surface area contributed by atoms with E-state index in [0.29, 0.717) is 18.7 Å². The molecule has 5 nitrogen and oxygen atoms in total. The molecule has 1 aliphatic heterocycles. The zero-order chi connectivity index (χ0) is 13.6. The van der Waals surface area contributed by atoms with E-state index in [1.165, 1.54) is 7.11 Å². The van der Waals surface area contributed by atoms with Crippen LogP contribution in [0.3, 0.4) is 0 Å². The van der Waals surface area contributed by atoms with E-state index in [0.717, 1.165) is 24.1 Å². The molecule has 19 heavy (non-hydrogen) atoms. The summed E-state index contributed by atoms with van der Waals surface area (Å²) in [6.45, 7) is 0.412. The lowest BCUT2D eigenvalue weighted by Gasteiger charge is -2.22. The predicted molar refractivity (Wildman–Crippen MR) is 70.6 cm³/mol. The lowest BCUT2D eigenvalue weighted by atomic mass is 10.1. The number of benzene rings is 1. The van der Waals surface area contributed by atoms with E-state index in [1.807, 2.05) is 12.1 Å². The fraction of sp³-hybridized carbons (Fsp3) is 0.429. The number of rotatable bonds is 3. The molecule has 0 aromatic heterocycles. The molecule has 0 spiro atoms. The smallest absolute Gasteiger partial charge is 0.313 e. The largest absolute Gasteiger partial charge is 0.469 e. The van der Waals surface area contributed by atoms with Gasteiger partial charge in [0.15, 0.2) is 0 Å². The Bertz CT molecular complexity index is 564. The quantitative estimate of drug-likeness (QED) is 0.652. The van der Waals surface area contributed by atoms with Crippen LogP contribution < -0.4 is 10.6 Å². The Kier molecular flexibility index (Phi) is 2.52. The molecule has 1 fully saturated rings. The molecule has 1 aromatic rings. The lowest BCUT2D eigenvalue weighted by molar-refractivity contribution is -0.146. The molecule has 0 saturated heterocycles. The second kappa shape index (κ2) is 3.98. The summed E-state index contributed by atoms with van der Waals surface area (Å²) in [4.78, 5) is 25.6. The van der Waals surface area contributed by atoms with Crippen LogP contribution in [0.4, 0.5) is 11.4 Å². The Labute approximate surface area is 111 Å². The Hall–Kier alpha value is -2.04. The minimum absolute atomic E-state index is 0.0239. The summed E-state index contributed by atoms with van der Waals surface area (Å²) in [6, 6.07) is 5.45. The maximum Gasteiger partial charge on any atom is 0.313 e. The summed E-state index contributed by atoms with van der Waals surface area (Å²) in [6.07, 6.45) is 1.93. The van der Waals surface area contributed by atoms with Gasteiger partial charge in [-0.05, 0) is 36.6 Å². The fourth-order valence-corrected chi connectivity index (χ4v) is 2.67. The maximum atomic E-state index is 12.1. The summed E-state index contributed by atoms with van der Waals surface area (Å²) >= 11 is 0. The predicted octanol–water partition coefficient (Wildman–Crippen LogP) is 1.11. The number of carbonyl (C=O) groups is 2. The topological polar surface area (TPSA) is 72.6 Å². The van der Waals surface area contributed by atoms with Gasteiger partial charge in [-0.2, -0.15) is 0 Å². The molecular formula is C14H16N2O3. The first-order valence-electron chi connectivity index (χ1n) is 6.33. The van der Waals surface area contributed by atoms with Crippen LogP contribution in [0.15, 0.2) is 18.2 Å². The number of hydrogen-bond donors (Lipinski definition) is 1. The van der Waals surface area contributed by atoms with Crippen LogP contribution in [0.5, 0.6) is 0 Å². The van der Waals surface area contributed by atoms with Crippen molar-refractivity contribution in [1.29, 1.82) is 0 Å². The molecule has 1 aliphatic carbocycles. The third-order valence-corrected chi connectivity index (χ3v) is 3.97. The van der Waals surface area contributed by atoms with Gasteiger partial charge >= 0.3 is 5.97 Å². The van der Waals surface area contributed by atoms with Crippen LogP contribution in [-0.4, -0.2) is 25.5 Å². The highest BCUT2D eigenvalue weighted by atomic mass is 16.5. The van der Waals surface area contributed by atoms with Crippen LogP contribution in [0.2, 0.25) is 0 Å². The summed E-state index contributed by atoms with van der Waals surface area (Å²) in [5.41, 5.74) is 7.70. The van der Waals surface area contributed by atoms with Crippen molar-refractivity contribution in [3.05, 3.63) is 23.8 Å². The average Bonchev–Trinajstić information content (AvgIpc) is 3.10. The molecule has 0 radical (unpaired) electrons. The minimum atomic E-state index is -0.493. The number of nitrogens with zero attached hydrogens (tertiary/aromatic N) is 1. The highest BCUT2D eigenvalue weighted by Crippen LogP contribution is 2.49. The number of hydrogen-bond acceptors (Lipinski definition) is 4. The van der Waals surface area contributed by atoms with Crippen molar-refractivity contribution in [1.82, 2.24) is 0 Å². The van der Waals surface area contributed by atoms with E-state index >= 15 is 0 Å². The van der Waals surface area contributed by atoms with Crippen molar-refractivity contribution in [2.75, 3.05) is 24.3 Å². The minimum Gasteiger partial charge on any atom is -0.469 e. The summed E-state index contributed by atoms with van der Waals surface area (Å²) in [5.74, 6) is -0.194. The van der Waals surface area contributed by atoms with Crippen LogP contribution in [0, 0.1) is 5.41 Å². The number of amides is 1. The number of nitrogen functional groups attached to an aromatic ring is 1. The van der Waals surface area contributed by atoms with Crippen molar-refractivity contribution in [2.24, 2.45) is 5.41 Å². The molecule has 100 valence electrons. The summed E-state index contributed by atoms with van der Waals surface area (Å²) in [7, 11) is 1.39. The van der Waals surface area contributed by atoms with E-state index in [-0.39, 0.29) is 11.9 Å². The van der Waals surface area contributed by atoms with Crippen LogP contribution in [0.1, 0.15) is 18.4 Å². The third-order valence-electron chi connectivity index (χ3n) is 3.97. The Morgan fingerprint density at radius 2 is 2.21 bits per heavy atom. The third kappa shape index (κ3) is 1.85.